The molecule has 7 nitrogen and oxygen atoms in total. The first-order chi connectivity index (χ1) is 14.8. The molecular formula is C21H19ClN2O5S2. The number of hydrogen-bond donors (Lipinski definition) is 1. The number of nitrogens with one attached hydrogen (secondary N) is 1. The van der Waals surface area contributed by atoms with Gasteiger partial charge in [-0.15, -0.1) is 11.3 Å². The molecule has 31 heavy (non-hydrogen) atoms. The monoisotopic (exact) mass is 478 g/mol. The second-order valence-corrected chi connectivity index (χ2v) is 9.85. The van der Waals surface area contributed by atoms with Crippen LogP contribution in [-0.4, -0.2) is 33.9 Å². The van der Waals surface area contributed by atoms with E-state index in [0.29, 0.717) is 17.3 Å². The highest BCUT2D eigenvalue weighted by Crippen LogP contribution is 2.25. The highest BCUT2D eigenvalue weighted by atomic mass is 35.5. The summed E-state index contributed by atoms with van der Waals surface area (Å²) in [5.41, 5.74) is 0.398. The first-order valence-electron chi connectivity index (χ1n) is 9.08. The summed E-state index contributed by atoms with van der Waals surface area (Å²) in [4.78, 5) is 25.1. The largest absolute Gasteiger partial charge is 0.452 e. The van der Waals surface area contributed by atoms with Crippen molar-refractivity contribution in [2.75, 3.05) is 18.0 Å². The highest BCUT2D eigenvalue weighted by Gasteiger charge is 2.23. The van der Waals surface area contributed by atoms with Crippen LogP contribution in [0.3, 0.4) is 0 Å². The molecule has 3 aromatic rings. The van der Waals surface area contributed by atoms with E-state index in [4.69, 9.17) is 16.3 Å². The molecule has 0 saturated heterocycles. The molecule has 162 valence electrons. The van der Waals surface area contributed by atoms with Gasteiger partial charge in [-0.2, -0.15) is 0 Å². The Morgan fingerprint density at radius 2 is 1.87 bits per heavy atom. The number of ether oxygens (including phenoxy) is 1. The Kier molecular flexibility index (Phi) is 7.32. The van der Waals surface area contributed by atoms with E-state index in [1.54, 1.807) is 18.2 Å². The molecule has 1 aromatic heterocycles. The molecule has 2 aromatic carbocycles. The number of amides is 1. The van der Waals surface area contributed by atoms with Crippen LogP contribution in [0.2, 0.25) is 5.02 Å². The second kappa shape index (κ2) is 9.95. The van der Waals surface area contributed by atoms with Crippen LogP contribution in [0.5, 0.6) is 0 Å². The van der Waals surface area contributed by atoms with E-state index in [9.17, 15) is 18.0 Å². The van der Waals surface area contributed by atoms with Gasteiger partial charge in [-0.25, -0.2) is 13.2 Å². The van der Waals surface area contributed by atoms with Gasteiger partial charge in [0.15, 0.2) is 6.61 Å². The van der Waals surface area contributed by atoms with Gasteiger partial charge in [-0.1, -0.05) is 29.8 Å². The molecule has 0 fully saturated rings. The Labute approximate surface area is 189 Å². The van der Waals surface area contributed by atoms with E-state index in [-0.39, 0.29) is 10.5 Å². The molecule has 0 unspecified atom stereocenters. The number of carbonyl (C=O) groups is 2. The average Bonchev–Trinajstić information content (AvgIpc) is 3.29. The van der Waals surface area contributed by atoms with E-state index in [1.807, 2.05) is 17.5 Å². The van der Waals surface area contributed by atoms with Crippen LogP contribution in [0.25, 0.3) is 0 Å². The van der Waals surface area contributed by atoms with Gasteiger partial charge in [-0.3, -0.25) is 9.10 Å². The van der Waals surface area contributed by atoms with E-state index >= 15 is 0 Å². The minimum atomic E-state index is -3.94. The van der Waals surface area contributed by atoms with Crippen LogP contribution in [0.15, 0.2) is 70.9 Å². The predicted octanol–water partition coefficient (Wildman–Crippen LogP) is 3.70. The summed E-state index contributed by atoms with van der Waals surface area (Å²) >= 11 is 7.45. The minimum Gasteiger partial charge on any atom is -0.452 e. The summed E-state index contributed by atoms with van der Waals surface area (Å²) in [6, 6.07) is 15.6. The van der Waals surface area contributed by atoms with Crippen molar-refractivity contribution in [1.82, 2.24) is 5.32 Å². The summed E-state index contributed by atoms with van der Waals surface area (Å²) in [6.07, 6.45) is 0. The van der Waals surface area contributed by atoms with Gasteiger partial charge in [0.05, 0.1) is 22.7 Å². The fraction of sp³-hybridized carbons (Fsp3) is 0.143. The fourth-order valence-corrected chi connectivity index (χ4v) is 4.68. The van der Waals surface area contributed by atoms with Gasteiger partial charge >= 0.3 is 5.97 Å². The Morgan fingerprint density at radius 3 is 2.58 bits per heavy atom. The number of sulfonamides is 1. The Morgan fingerprint density at radius 1 is 1.10 bits per heavy atom. The Hall–Kier alpha value is -2.88. The van der Waals surface area contributed by atoms with E-state index in [1.165, 1.54) is 48.7 Å². The summed E-state index contributed by atoms with van der Waals surface area (Å²) in [6.45, 7) is -0.124. The Balaban J connectivity index is 1.65. The van der Waals surface area contributed by atoms with Crippen LogP contribution >= 0.6 is 22.9 Å². The van der Waals surface area contributed by atoms with Crippen LogP contribution in [-0.2, 0) is 26.1 Å². The lowest BCUT2D eigenvalue weighted by molar-refractivity contribution is -0.124. The Bertz CT molecular complexity index is 1180. The molecule has 0 aliphatic heterocycles. The van der Waals surface area contributed by atoms with Gasteiger partial charge in [0, 0.05) is 16.9 Å². The van der Waals surface area contributed by atoms with Crippen LogP contribution in [0, 0.1) is 0 Å². The highest BCUT2D eigenvalue weighted by molar-refractivity contribution is 7.92. The van der Waals surface area contributed by atoms with E-state index in [0.717, 1.165) is 9.18 Å². The molecule has 1 N–H and O–H groups in total. The number of halogens is 1. The second-order valence-electron chi connectivity index (χ2n) is 6.41. The number of benzene rings is 2. The van der Waals surface area contributed by atoms with Crippen LogP contribution in [0.4, 0.5) is 5.69 Å². The molecule has 0 bridgehead atoms. The normalized spacial score (nSPS) is 11.0. The molecule has 0 atom stereocenters. The topological polar surface area (TPSA) is 92.8 Å². The van der Waals surface area contributed by atoms with Crippen molar-refractivity contribution < 1.29 is 22.7 Å². The number of hydrogen-bond acceptors (Lipinski definition) is 6. The molecule has 0 spiro atoms. The van der Waals surface area contributed by atoms with Gasteiger partial charge in [0.2, 0.25) is 0 Å². The third kappa shape index (κ3) is 5.84. The van der Waals surface area contributed by atoms with Crippen molar-refractivity contribution >= 4 is 50.5 Å². The number of esters is 1. The first kappa shape index (κ1) is 22.8. The zero-order valence-electron chi connectivity index (χ0n) is 16.4. The average molecular weight is 479 g/mol. The van der Waals surface area contributed by atoms with Crippen molar-refractivity contribution in [3.05, 3.63) is 81.5 Å². The van der Waals surface area contributed by atoms with Crippen molar-refractivity contribution in [3.63, 3.8) is 0 Å². The zero-order valence-corrected chi connectivity index (χ0v) is 18.8. The molecule has 10 heteroatoms. The number of thiophene rings is 1. The third-order valence-electron chi connectivity index (χ3n) is 4.27. The lowest BCUT2D eigenvalue weighted by Crippen LogP contribution is -2.28. The molecule has 0 saturated carbocycles. The number of carbonyl (C=O) groups excluding carboxylic acids is 2. The molecule has 1 amide bonds. The number of rotatable bonds is 8. The van der Waals surface area contributed by atoms with Crippen molar-refractivity contribution in [2.45, 2.75) is 11.4 Å². The van der Waals surface area contributed by atoms with Gasteiger partial charge in [-0.05, 0) is 47.8 Å². The van der Waals surface area contributed by atoms with E-state index in [2.05, 4.69) is 5.32 Å². The molecule has 0 aliphatic carbocycles. The minimum absolute atomic E-state index is 0.0200. The number of anilines is 1. The van der Waals surface area contributed by atoms with Crippen molar-refractivity contribution in [2.24, 2.45) is 0 Å². The molecular weight excluding hydrogens is 460 g/mol. The van der Waals surface area contributed by atoms with Gasteiger partial charge < -0.3 is 10.1 Å². The van der Waals surface area contributed by atoms with Crippen LogP contribution in [0.1, 0.15) is 15.2 Å². The van der Waals surface area contributed by atoms with Crippen LogP contribution < -0.4 is 9.62 Å². The predicted molar refractivity (Wildman–Crippen MR) is 120 cm³/mol. The fourth-order valence-electron chi connectivity index (χ4n) is 2.62. The van der Waals surface area contributed by atoms with Crippen molar-refractivity contribution in [1.29, 1.82) is 0 Å². The van der Waals surface area contributed by atoms with Gasteiger partial charge in [0.1, 0.15) is 0 Å². The summed E-state index contributed by atoms with van der Waals surface area (Å²) in [7, 11) is -2.55. The number of nitrogens with zero attached hydrogens (tertiary/aromatic N) is 1. The quantitative estimate of drug-likeness (QED) is 0.498. The maximum absolute atomic E-state index is 13.0. The standard InChI is InChI=1S/C21H19ClN2O5S2/c1-24(17-7-3-6-16(22)12-17)31(27,28)19-9-2-5-15(11-19)21(26)29-14-20(25)23-13-18-8-4-10-30-18/h2-12H,13-14H2,1H3,(H,23,25). The molecule has 1 heterocycles. The lowest BCUT2D eigenvalue weighted by Gasteiger charge is -2.20. The summed E-state index contributed by atoms with van der Waals surface area (Å²) in [5, 5.41) is 4.94. The smallest absolute Gasteiger partial charge is 0.338 e. The SMILES string of the molecule is CN(c1cccc(Cl)c1)S(=O)(=O)c1cccc(C(=O)OCC(=O)NCc2cccs2)c1. The maximum atomic E-state index is 13.0. The third-order valence-corrected chi connectivity index (χ3v) is 7.17. The first-order valence-corrected chi connectivity index (χ1v) is 11.8. The molecule has 0 radical (unpaired) electrons. The van der Waals surface area contributed by atoms with E-state index < -0.39 is 28.5 Å². The maximum Gasteiger partial charge on any atom is 0.338 e. The van der Waals surface area contributed by atoms with Crippen molar-refractivity contribution in [3.8, 4) is 0 Å². The molecule has 3 rings (SSSR count). The molecule has 0 aliphatic rings. The lowest BCUT2D eigenvalue weighted by atomic mass is 10.2. The summed E-state index contributed by atoms with van der Waals surface area (Å²) < 4.78 is 32.0. The van der Waals surface area contributed by atoms with Gasteiger partial charge in [0.25, 0.3) is 15.9 Å². The zero-order chi connectivity index (χ0) is 22.4. The summed E-state index contributed by atoms with van der Waals surface area (Å²) in [5.74, 6) is -1.25.